The molecule has 1 aliphatic carbocycles. The highest BCUT2D eigenvalue weighted by molar-refractivity contribution is 5.95. The minimum absolute atomic E-state index is 0.0628. The van der Waals surface area contributed by atoms with Crippen LogP contribution in [-0.2, 0) is 15.8 Å². The number of aliphatic carboxylic acids is 1. The normalized spacial score (nSPS) is 22.8. The van der Waals surface area contributed by atoms with E-state index >= 15 is 0 Å². The first-order valence-corrected chi connectivity index (χ1v) is 10.1. The van der Waals surface area contributed by atoms with Gasteiger partial charge in [0.15, 0.2) is 0 Å². The lowest BCUT2D eigenvalue weighted by molar-refractivity contribution is -0.149. The summed E-state index contributed by atoms with van der Waals surface area (Å²) >= 11 is 0. The van der Waals surface area contributed by atoms with Crippen LogP contribution in [0.5, 0.6) is 0 Å². The number of alkyl halides is 3. The smallest absolute Gasteiger partial charge is 0.416 e. The summed E-state index contributed by atoms with van der Waals surface area (Å²) in [6, 6.07) is 10.7. The molecule has 0 radical (unpaired) electrons. The highest BCUT2D eigenvalue weighted by atomic mass is 19.4. The maximum absolute atomic E-state index is 14.2. The molecule has 0 aromatic heterocycles. The van der Waals surface area contributed by atoms with Gasteiger partial charge in [-0.15, -0.1) is 0 Å². The van der Waals surface area contributed by atoms with Crippen molar-refractivity contribution in [3.05, 3.63) is 59.4 Å². The zero-order valence-electron chi connectivity index (χ0n) is 17.5. The maximum atomic E-state index is 14.2. The number of nitrogens with one attached hydrogen (secondary N) is 2. The quantitative estimate of drug-likeness (QED) is 0.550. The summed E-state index contributed by atoms with van der Waals surface area (Å²) in [5, 5.41) is 24.6. The third-order valence-electron chi connectivity index (χ3n) is 5.93. The van der Waals surface area contributed by atoms with Gasteiger partial charge in [-0.3, -0.25) is 9.59 Å². The predicted molar refractivity (Wildman–Crippen MR) is 112 cm³/mol. The molecule has 3 N–H and O–H groups in total. The molecule has 0 heterocycles. The molecule has 1 fully saturated rings. The van der Waals surface area contributed by atoms with Crippen LogP contribution in [0.15, 0.2) is 42.5 Å². The van der Waals surface area contributed by atoms with E-state index in [1.807, 2.05) is 0 Å². The van der Waals surface area contributed by atoms with Crippen molar-refractivity contribution in [3.63, 3.8) is 0 Å². The molecule has 0 spiro atoms. The number of carboxylic acid groups (broad SMARTS) is 1. The molecule has 2 aromatic rings. The topological polar surface area (TPSA) is 102 Å². The molecule has 0 saturated heterocycles. The van der Waals surface area contributed by atoms with E-state index in [-0.39, 0.29) is 18.9 Å². The Labute approximate surface area is 187 Å². The van der Waals surface area contributed by atoms with Crippen molar-refractivity contribution in [2.75, 3.05) is 17.7 Å². The van der Waals surface area contributed by atoms with Crippen LogP contribution in [-0.4, -0.2) is 24.0 Å². The molecule has 1 saturated carbocycles. The lowest BCUT2D eigenvalue weighted by Crippen LogP contribution is -2.42. The molecule has 1 aliphatic rings. The molecular weight excluding hydrogens is 442 g/mol. The van der Waals surface area contributed by atoms with Crippen LogP contribution in [0.25, 0.3) is 0 Å². The number of carbonyl (C=O) groups is 2. The third-order valence-corrected chi connectivity index (χ3v) is 5.93. The van der Waals surface area contributed by atoms with Gasteiger partial charge in [0.2, 0.25) is 5.91 Å². The van der Waals surface area contributed by atoms with Crippen molar-refractivity contribution >= 4 is 23.3 Å². The Morgan fingerprint density at radius 2 is 1.79 bits per heavy atom. The standard InChI is InChI=1S/C23H21F4N3O3/c1-29-15-5-2-13(3-6-15)16-8-12(11-28)9-17(20(16)22(32)33)21(31)30-19-7-4-14(10-18(19)24)23(25,26)27/h2-7,10,12,16-17,20,29H,8-9H2,1H3,(H,30,31)(H,32,33)/t12?,16?,17?,20-/m0/s1. The number of hydrogen-bond acceptors (Lipinski definition) is 4. The second-order valence-corrected chi connectivity index (χ2v) is 7.93. The lowest BCUT2D eigenvalue weighted by atomic mass is 9.65. The van der Waals surface area contributed by atoms with Gasteiger partial charge in [-0.2, -0.15) is 18.4 Å². The summed E-state index contributed by atoms with van der Waals surface area (Å²) < 4.78 is 52.5. The van der Waals surface area contributed by atoms with Gasteiger partial charge in [0.1, 0.15) is 5.82 Å². The summed E-state index contributed by atoms with van der Waals surface area (Å²) in [6.07, 6.45) is -4.59. The number of hydrogen-bond donors (Lipinski definition) is 3. The van der Waals surface area contributed by atoms with E-state index < -0.39 is 58.8 Å². The summed E-state index contributed by atoms with van der Waals surface area (Å²) in [6.45, 7) is 0. The average molecular weight is 463 g/mol. The number of amides is 1. The Morgan fingerprint density at radius 1 is 1.12 bits per heavy atom. The van der Waals surface area contributed by atoms with Crippen LogP contribution in [0, 0.1) is 34.9 Å². The average Bonchev–Trinajstić information content (AvgIpc) is 2.78. The van der Waals surface area contributed by atoms with Gasteiger partial charge in [0, 0.05) is 18.7 Å². The van der Waals surface area contributed by atoms with Crippen LogP contribution < -0.4 is 10.6 Å². The number of carbonyl (C=O) groups excluding carboxylic acids is 1. The number of nitriles is 1. The van der Waals surface area contributed by atoms with Crippen LogP contribution in [0.4, 0.5) is 28.9 Å². The number of nitrogens with zero attached hydrogens (tertiary/aromatic N) is 1. The van der Waals surface area contributed by atoms with Gasteiger partial charge in [-0.1, -0.05) is 12.1 Å². The molecule has 3 unspecified atom stereocenters. The molecule has 174 valence electrons. The third kappa shape index (κ3) is 5.25. The second-order valence-electron chi connectivity index (χ2n) is 7.93. The van der Waals surface area contributed by atoms with Crippen molar-refractivity contribution in [2.45, 2.75) is 24.9 Å². The molecule has 4 atom stereocenters. The molecule has 10 heteroatoms. The van der Waals surface area contributed by atoms with Gasteiger partial charge in [-0.25, -0.2) is 4.39 Å². The van der Waals surface area contributed by atoms with Crippen LogP contribution in [0.2, 0.25) is 0 Å². The van der Waals surface area contributed by atoms with E-state index in [2.05, 4.69) is 16.7 Å². The number of benzene rings is 2. The van der Waals surface area contributed by atoms with Crippen LogP contribution in [0.1, 0.15) is 29.9 Å². The number of rotatable bonds is 5. The Morgan fingerprint density at radius 3 is 2.30 bits per heavy atom. The van der Waals surface area contributed by atoms with Crippen molar-refractivity contribution in [3.8, 4) is 6.07 Å². The fraction of sp³-hybridized carbons (Fsp3) is 0.348. The van der Waals surface area contributed by atoms with E-state index in [0.29, 0.717) is 11.6 Å². The summed E-state index contributed by atoms with van der Waals surface area (Å²) in [4.78, 5) is 25.1. The largest absolute Gasteiger partial charge is 0.481 e. The molecular formula is C23H21F4N3O3. The summed E-state index contributed by atoms with van der Waals surface area (Å²) in [5.74, 6) is -7.07. The minimum atomic E-state index is -4.75. The first kappa shape index (κ1) is 24.0. The van der Waals surface area contributed by atoms with E-state index in [0.717, 1.165) is 11.8 Å². The molecule has 0 aliphatic heterocycles. The molecule has 3 rings (SSSR count). The maximum Gasteiger partial charge on any atom is 0.416 e. The van der Waals surface area contributed by atoms with E-state index in [9.17, 15) is 37.5 Å². The van der Waals surface area contributed by atoms with Crippen molar-refractivity contribution in [1.82, 2.24) is 0 Å². The number of anilines is 2. The van der Waals surface area contributed by atoms with Gasteiger partial charge >= 0.3 is 12.1 Å². The fourth-order valence-corrected chi connectivity index (χ4v) is 4.26. The molecule has 1 amide bonds. The Balaban J connectivity index is 1.91. The zero-order valence-corrected chi connectivity index (χ0v) is 17.5. The van der Waals surface area contributed by atoms with E-state index in [1.165, 1.54) is 0 Å². The molecule has 0 bridgehead atoms. The first-order valence-electron chi connectivity index (χ1n) is 10.1. The summed E-state index contributed by atoms with van der Waals surface area (Å²) in [7, 11) is 1.72. The minimum Gasteiger partial charge on any atom is -0.481 e. The van der Waals surface area contributed by atoms with Gasteiger partial charge in [0.05, 0.1) is 29.2 Å². The molecule has 2 aromatic carbocycles. The van der Waals surface area contributed by atoms with Crippen molar-refractivity contribution in [1.29, 1.82) is 5.26 Å². The van der Waals surface area contributed by atoms with E-state index in [4.69, 9.17) is 0 Å². The predicted octanol–water partition coefficient (Wildman–Crippen LogP) is 4.86. The number of halogens is 4. The monoisotopic (exact) mass is 463 g/mol. The van der Waals surface area contributed by atoms with Crippen molar-refractivity contribution < 1.29 is 32.3 Å². The Hall–Kier alpha value is -3.61. The SMILES string of the molecule is CNc1ccc(C2CC(C#N)CC(C(=O)Nc3ccc(C(F)(F)F)cc3F)[C@H]2C(=O)O)cc1. The molecule has 6 nitrogen and oxygen atoms in total. The van der Waals surface area contributed by atoms with Gasteiger partial charge in [0.25, 0.3) is 0 Å². The Kier molecular flexibility index (Phi) is 6.91. The first-order chi connectivity index (χ1) is 15.5. The Bertz CT molecular complexity index is 1080. The van der Waals surface area contributed by atoms with E-state index in [1.54, 1.807) is 31.3 Å². The number of carboxylic acids is 1. The lowest BCUT2D eigenvalue weighted by Gasteiger charge is -2.37. The fourth-order valence-electron chi connectivity index (χ4n) is 4.26. The molecule has 33 heavy (non-hydrogen) atoms. The van der Waals surface area contributed by atoms with Crippen molar-refractivity contribution in [2.24, 2.45) is 17.8 Å². The highest BCUT2D eigenvalue weighted by Gasteiger charge is 2.46. The second kappa shape index (κ2) is 9.48. The van der Waals surface area contributed by atoms with Gasteiger partial charge < -0.3 is 15.7 Å². The zero-order chi connectivity index (χ0) is 24.3. The van der Waals surface area contributed by atoms with Crippen LogP contribution in [0.3, 0.4) is 0 Å². The van der Waals surface area contributed by atoms with Crippen LogP contribution >= 0.6 is 0 Å². The highest BCUT2D eigenvalue weighted by Crippen LogP contribution is 2.45. The van der Waals surface area contributed by atoms with Gasteiger partial charge in [-0.05, 0) is 54.7 Å². The summed E-state index contributed by atoms with van der Waals surface area (Å²) in [5.41, 5.74) is -0.273.